The lowest BCUT2D eigenvalue weighted by atomic mass is 9.97. The number of allylic oxidation sites excluding steroid dienone is 1. The first kappa shape index (κ1) is 21.5. The van der Waals surface area contributed by atoms with Crippen molar-refractivity contribution < 1.29 is 32.3 Å². The summed E-state index contributed by atoms with van der Waals surface area (Å²) in [5.74, 6) is -1.80. The summed E-state index contributed by atoms with van der Waals surface area (Å²) in [6.45, 7) is -0.339. The van der Waals surface area contributed by atoms with E-state index >= 15 is 0 Å². The number of carbonyl (C=O) groups excluding carboxylic acids is 3. The number of benzene rings is 1. The van der Waals surface area contributed by atoms with Crippen molar-refractivity contribution in [3.63, 3.8) is 0 Å². The molecule has 0 bridgehead atoms. The molecule has 0 saturated carbocycles. The third-order valence-electron chi connectivity index (χ3n) is 4.15. The van der Waals surface area contributed by atoms with Gasteiger partial charge in [-0.1, -0.05) is 11.6 Å². The Labute approximate surface area is 160 Å². The van der Waals surface area contributed by atoms with Crippen LogP contribution in [0.2, 0.25) is 0 Å². The maximum atomic E-state index is 12.5. The van der Waals surface area contributed by atoms with Gasteiger partial charge < -0.3 is 10.1 Å². The number of hydrogen-bond acceptors (Lipinski definition) is 4. The van der Waals surface area contributed by atoms with Gasteiger partial charge >= 0.3 is 18.2 Å². The highest BCUT2D eigenvalue weighted by atomic mass is 19.4. The number of carbonyl (C=O) groups is 3. The van der Waals surface area contributed by atoms with Gasteiger partial charge in [-0.25, -0.2) is 9.59 Å². The summed E-state index contributed by atoms with van der Waals surface area (Å²) in [4.78, 5) is 35.0. The van der Waals surface area contributed by atoms with Gasteiger partial charge in [0, 0.05) is 6.54 Å². The summed E-state index contributed by atoms with van der Waals surface area (Å²) >= 11 is 0. The number of imide groups is 1. The van der Waals surface area contributed by atoms with Gasteiger partial charge in [0.25, 0.3) is 5.91 Å². The predicted octanol–water partition coefficient (Wildman–Crippen LogP) is 3.58. The number of esters is 1. The van der Waals surface area contributed by atoms with E-state index in [4.69, 9.17) is 4.74 Å². The second-order valence-corrected chi connectivity index (χ2v) is 6.31. The van der Waals surface area contributed by atoms with Gasteiger partial charge in [0.1, 0.15) is 0 Å². The van der Waals surface area contributed by atoms with Crippen molar-refractivity contribution in [2.45, 2.75) is 38.3 Å². The zero-order chi connectivity index (χ0) is 20.6. The van der Waals surface area contributed by atoms with Crippen molar-refractivity contribution in [3.05, 3.63) is 47.0 Å². The summed E-state index contributed by atoms with van der Waals surface area (Å²) in [6, 6.07) is 2.69. The first-order chi connectivity index (χ1) is 13.3. The van der Waals surface area contributed by atoms with Crippen LogP contribution in [0.4, 0.5) is 18.0 Å². The fourth-order valence-electron chi connectivity index (χ4n) is 2.68. The highest BCUT2D eigenvalue weighted by molar-refractivity contribution is 5.97. The van der Waals surface area contributed by atoms with Gasteiger partial charge in [0.15, 0.2) is 6.61 Å². The molecule has 0 atom stereocenters. The van der Waals surface area contributed by atoms with E-state index in [1.165, 1.54) is 12.0 Å². The molecule has 0 heterocycles. The van der Waals surface area contributed by atoms with Gasteiger partial charge in [-0.3, -0.25) is 10.1 Å². The third-order valence-corrected chi connectivity index (χ3v) is 4.15. The first-order valence-electron chi connectivity index (χ1n) is 8.85. The molecule has 0 aliphatic heterocycles. The van der Waals surface area contributed by atoms with Crippen LogP contribution in [0.3, 0.4) is 0 Å². The number of rotatable bonds is 6. The van der Waals surface area contributed by atoms with E-state index in [2.05, 4.69) is 11.4 Å². The van der Waals surface area contributed by atoms with Crippen LogP contribution in [-0.2, 0) is 15.7 Å². The molecule has 0 radical (unpaired) electrons. The Morgan fingerprint density at radius 2 is 1.79 bits per heavy atom. The number of hydrogen-bond donors (Lipinski definition) is 2. The highest BCUT2D eigenvalue weighted by Crippen LogP contribution is 2.29. The van der Waals surface area contributed by atoms with Crippen molar-refractivity contribution in [1.82, 2.24) is 10.6 Å². The third kappa shape index (κ3) is 7.05. The molecule has 0 unspecified atom stereocenters. The van der Waals surface area contributed by atoms with E-state index in [0.717, 1.165) is 43.5 Å². The number of urea groups is 1. The topological polar surface area (TPSA) is 84.5 Å². The summed E-state index contributed by atoms with van der Waals surface area (Å²) < 4.78 is 42.1. The quantitative estimate of drug-likeness (QED) is 0.567. The lowest BCUT2D eigenvalue weighted by Gasteiger charge is -2.13. The lowest BCUT2D eigenvalue weighted by Crippen LogP contribution is -2.41. The van der Waals surface area contributed by atoms with Crippen LogP contribution >= 0.6 is 0 Å². The van der Waals surface area contributed by atoms with Gasteiger partial charge in [-0.15, -0.1) is 0 Å². The fourth-order valence-corrected chi connectivity index (χ4v) is 2.68. The van der Waals surface area contributed by atoms with Crippen LogP contribution in [0.15, 0.2) is 35.9 Å². The van der Waals surface area contributed by atoms with Gasteiger partial charge in [0.2, 0.25) is 0 Å². The smallest absolute Gasteiger partial charge is 0.416 e. The molecule has 3 amide bonds. The molecule has 152 valence electrons. The number of nitrogens with one attached hydrogen (secondary N) is 2. The first-order valence-corrected chi connectivity index (χ1v) is 8.85. The minimum atomic E-state index is -4.51. The second-order valence-electron chi connectivity index (χ2n) is 6.31. The van der Waals surface area contributed by atoms with Crippen LogP contribution in [0.1, 0.15) is 48.0 Å². The zero-order valence-electron chi connectivity index (χ0n) is 15.1. The maximum absolute atomic E-state index is 12.5. The van der Waals surface area contributed by atoms with Crippen molar-refractivity contribution >= 4 is 17.9 Å². The Kier molecular flexibility index (Phi) is 7.60. The van der Waals surface area contributed by atoms with Crippen molar-refractivity contribution in [2.24, 2.45) is 0 Å². The maximum Gasteiger partial charge on any atom is 0.416 e. The highest BCUT2D eigenvalue weighted by Gasteiger charge is 2.30. The molecular formula is C19H21F3N2O4. The average Bonchev–Trinajstić information content (AvgIpc) is 2.66. The molecule has 2 rings (SSSR count). The standard InChI is InChI=1S/C19H21F3N2O4/c20-19(21,22)15-8-6-14(7-9-15)17(26)28-12-16(25)24-18(27)23-11-10-13-4-2-1-3-5-13/h4,6-9H,1-3,5,10-12H2,(H2,23,24,25,27). The molecule has 2 N–H and O–H groups in total. The van der Waals surface area contributed by atoms with E-state index in [1.807, 2.05) is 5.32 Å². The monoisotopic (exact) mass is 398 g/mol. The van der Waals surface area contributed by atoms with Gasteiger partial charge in [0.05, 0.1) is 11.1 Å². The molecule has 1 aromatic carbocycles. The molecule has 28 heavy (non-hydrogen) atoms. The summed E-state index contributed by atoms with van der Waals surface area (Å²) in [5, 5.41) is 4.56. The van der Waals surface area contributed by atoms with Crippen LogP contribution in [0, 0.1) is 0 Å². The SMILES string of the molecule is O=C(COC(=O)c1ccc(C(F)(F)F)cc1)NC(=O)NCCC1=CCCCC1. The normalized spacial score (nSPS) is 14.0. The molecule has 0 aromatic heterocycles. The molecule has 9 heteroatoms. The van der Waals surface area contributed by atoms with Crippen molar-refractivity contribution in [2.75, 3.05) is 13.2 Å². The molecule has 1 aliphatic rings. The van der Waals surface area contributed by atoms with Gasteiger partial charge in [-0.05, 0) is 56.4 Å². The van der Waals surface area contributed by atoms with Crippen molar-refractivity contribution in [3.8, 4) is 0 Å². The van der Waals surface area contributed by atoms with Crippen LogP contribution in [0.5, 0.6) is 0 Å². The molecule has 0 spiro atoms. The van der Waals surface area contributed by atoms with E-state index in [0.29, 0.717) is 13.0 Å². The lowest BCUT2D eigenvalue weighted by molar-refractivity contribution is -0.137. The molecule has 0 fully saturated rings. The number of alkyl halides is 3. The number of ether oxygens (including phenoxy) is 1. The molecule has 1 aromatic rings. The number of amides is 3. The molecule has 1 aliphatic carbocycles. The molecule has 6 nitrogen and oxygen atoms in total. The Morgan fingerprint density at radius 1 is 1.07 bits per heavy atom. The Morgan fingerprint density at radius 3 is 2.39 bits per heavy atom. The zero-order valence-corrected chi connectivity index (χ0v) is 15.1. The van der Waals surface area contributed by atoms with Crippen LogP contribution in [0.25, 0.3) is 0 Å². The van der Waals surface area contributed by atoms with Crippen LogP contribution < -0.4 is 10.6 Å². The summed E-state index contributed by atoms with van der Waals surface area (Å²) in [7, 11) is 0. The van der Waals surface area contributed by atoms with E-state index < -0.39 is 36.3 Å². The number of halogens is 3. The van der Waals surface area contributed by atoms with Crippen LogP contribution in [-0.4, -0.2) is 31.1 Å². The van der Waals surface area contributed by atoms with E-state index in [1.54, 1.807) is 0 Å². The largest absolute Gasteiger partial charge is 0.452 e. The average molecular weight is 398 g/mol. The summed E-state index contributed by atoms with van der Waals surface area (Å²) in [5.41, 5.74) is 0.247. The predicted molar refractivity (Wildman–Crippen MR) is 94.4 cm³/mol. The van der Waals surface area contributed by atoms with E-state index in [-0.39, 0.29) is 5.56 Å². The molecular weight excluding hydrogens is 377 g/mol. The molecule has 0 saturated heterocycles. The van der Waals surface area contributed by atoms with E-state index in [9.17, 15) is 27.6 Å². The Bertz CT molecular complexity index is 743. The summed E-state index contributed by atoms with van der Waals surface area (Å²) in [6.07, 6.45) is 2.74. The Balaban J connectivity index is 1.68. The van der Waals surface area contributed by atoms with Gasteiger partial charge in [-0.2, -0.15) is 13.2 Å². The minimum Gasteiger partial charge on any atom is -0.452 e. The second kappa shape index (κ2) is 9.91. The Hall–Kier alpha value is -2.84. The fraction of sp³-hybridized carbons (Fsp3) is 0.421. The minimum absolute atomic E-state index is 0.133. The van der Waals surface area contributed by atoms with Crippen molar-refractivity contribution in [1.29, 1.82) is 0 Å².